The average Bonchev–Trinajstić information content (AvgIpc) is 2.73. The molecule has 2 rings (SSSR count). The van der Waals surface area contributed by atoms with Crippen LogP contribution in [-0.2, 0) is 6.54 Å². The molecule has 0 aliphatic carbocycles. The summed E-state index contributed by atoms with van der Waals surface area (Å²) >= 11 is 7.28. The average molecular weight is 275 g/mol. The highest BCUT2D eigenvalue weighted by molar-refractivity contribution is 7.16. The second-order valence-corrected chi connectivity index (χ2v) is 5.88. The van der Waals surface area contributed by atoms with Crippen molar-refractivity contribution in [1.29, 1.82) is 0 Å². The zero-order chi connectivity index (χ0) is 12.3. The molecule has 4 nitrogen and oxygen atoms in total. The number of aliphatic hydroxyl groups is 1. The minimum Gasteiger partial charge on any atom is -0.393 e. The van der Waals surface area contributed by atoms with E-state index in [0.29, 0.717) is 32.5 Å². The summed E-state index contributed by atoms with van der Waals surface area (Å²) in [5.74, 6) is 0. The normalized spacial score (nSPS) is 17.2. The van der Waals surface area contributed by atoms with E-state index in [-0.39, 0.29) is 12.1 Å². The number of carbonyl (C=O) groups is 1. The van der Waals surface area contributed by atoms with Crippen molar-refractivity contribution in [2.45, 2.75) is 25.5 Å². The largest absolute Gasteiger partial charge is 0.393 e. The predicted molar refractivity (Wildman–Crippen MR) is 68.4 cm³/mol. The van der Waals surface area contributed by atoms with Crippen LogP contribution in [-0.4, -0.2) is 35.2 Å². The van der Waals surface area contributed by atoms with Crippen LogP contribution in [0.4, 0.5) is 4.79 Å². The van der Waals surface area contributed by atoms with Crippen LogP contribution < -0.4 is 5.32 Å². The maximum Gasteiger partial charge on any atom is 0.317 e. The fourth-order valence-electron chi connectivity index (χ4n) is 1.79. The summed E-state index contributed by atoms with van der Waals surface area (Å²) in [6.07, 6.45) is 1.08. The van der Waals surface area contributed by atoms with E-state index in [2.05, 4.69) is 5.32 Å². The van der Waals surface area contributed by atoms with Crippen molar-refractivity contribution in [3.05, 3.63) is 21.3 Å². The number of halogens is 1. The Morgan fingerprint density at radius 3 is 2.82 bits per heavy atom. The Hall–Kier alpha value is -0.780. The van der Waals surface area contributed by atoms with E-state index in [1.54, 1.807) is 4.90 Å². The zero-order valence-electron chi connectivity index (χ0n) is 9.36. The smallest absolute Gasteiger partial charge is 0.317 e. The molecule has 6 heteroatoms. The Morgan fingerprint density at radius 1 is 1.53 bits per heavy atom. The number of aliphatic hydroxyl groups excluding tert-OH is 1. The summed E-state index contributed by atoms with van der Waals surface area (Å²) < 4.78 is 0.732. The fourth-order valence-corrected chi connectivity index (χ4v) is 2.82. The molecule has 0 atom stereocenters. The minimum absolute atomic E-state index is 0.0681. The van der Waals surface area contributed by atoms with E-state index in [0.717, 1.165) is 9.21 Å². The number of rotatable bonds is 2. The number of piperidine rings is 1. The molecule has 1 saturated heterocycles. The Kier molecular flexibility index (Phi) is 4.25. The van der Waals surface area contributed by atoms with Crippen molar-refractivity contribution < 1.29 is 9.90 Å². The maximum atomic E-state index is 11.8. The van der Waals surface area contributed by atoms with Gasteiger partial charge in [-0.2, -0.15) is 0 Å². The van der Waals surface area contributed by atoms with E-state index in [4.69, 9.17) is 11.6 Å². The lowest BCUT2D eigenvalue weighted by Gasteiger charge is -2.29. The van der Waals surface area contributed by atoms with Crippen LogP contribution >= 0.6 is 22.9 Å². The molecule has 0 aromatic carbocycles. The van der Waals surface area contributed by atoms with Gasteiger partial charge in [0, 0.05) is 18.0 Å². The van der Waals surface area contributed by atoms with Crippen molar-refractivity contribution in [2.24, 2.45) is 0 Å². The number of carbonyl (C=O) groups excluding carboxylic acids is 1. The van der Waals surface area contributed by atoms with Crippen LogP contribution in [0.25, 0.3) is 0 Å². The van der Waals surface area contributed by atoms with Gasteiger partial charge in [-0.05, 0) is 25.0 Å². The summed E-state index contributed by atoms with van der Waals surface area (Å²) in [5.41, 5.74) is 0. The van der Waals surface area contributed by atoms with E-state index in [9.17, 15) is 9.90 Å². The molecule has 1 fully saturated rings. The summed E-state index contributed by atoms with van der Waals surface area (Å²) in [6.45, 7) is 1.76. The van der Waals surface area contributed by atoms with E-state index >= 15 is 0 Å². The minimum atomic E-state index is -0.254. The first-order chi connectivity index (χ1) is 8.15. The number of likely N-dealkylation sites (tertiary alicyclic amines) is 1. The van der Waals surface area contributed by atoms with Crippen LogP contribution in [0, 0.1) is 0 Å². The highest BCUT2D eigenvalue weighted by Crippen LogP contribution is 2.21. The summed E-state index contributed by atoms with van der Waals surface area (Å²) in [4.78, 5) is 14.6. The molecule has 1 aliphatic rings. The molecular formula is C11H15ClN2O2S. The highest BCUT2D eigenvalue weighted by atomic mass is 35.5. The predicted octanol–water partition coefficient (Wildman–Crippen LogP) is 2.07. The summed E-state index contributed by atoms with van der Waals surface area (Å²) in [5, 5.41) is 12.2. The van der Waals surface area contributed by atoms with Gasteiger partial charge >= 0.3 is 6.03 Å². The SMILES string of the molecule is O=C(NCc1ccc(Cl)s1)N1CCC(O)CC1. The van der Waals surface area contributed by atoms with Crippen molar-refractivity contribution >= 4 is 29.0 Å². The van der Waals surface area contributed by atoms with E-state index < -0.39 is 0 Å². The number of urea groups is 1. The van der Waals surface area contributed by atoms with Gasteiger partial charge in [-0.15, -0.1) is 11.3 Å². The first-order valence-corrected chi connectivity index (χ1v) is 6.79. The van der Waals surface area contributed by atoms with Gasteiger partial charge in [0.05, 0.1) is 17.0 Å². The van der Waals surface area contributed by atoms with E-state index in [1.165, 1.54) is 11.3 Å². The first-order valence-electron chi connectivity index (χ1n) is 5.60. The van der Waals surface area contributed by atoms with Crippen LogP contribution in [0.2, 0.25) is 4.34 Å². The van der Waals surface area contributed by atoms with Crippen molar-refractivity contribution in [2.75, 3.05) is 13.1 Å². The van der Waals surface area contributed by atoms with E-state index in [1.807, 2.05) is 12.1 Å². The molecule has 1 aliphatic heterocycles. The summed E-state index contributed by atoms with van der Waals surface area (Å²) in [6, 6.07) is 3.67. The lowest BCUT2D eigenvalue weighted by atomic mass is 10.1. The zero-order valence-corrected chi connectivity index (χ0v) is 10.9. The number of nitrogens with one attached hydrogen (secondary N) is 1. The van der Waals surface area contributed by atoms with Crippen LogP contribution in [0.15, 0.2) is 12.1 Å². The third kappa shape index (κ3) is 3.59. The molecule has 1 aromatic rings. The van der Waals surface area contributed by atoms with Gasteiger partial charge in [-0.25, -0.2) is 4.79 Å². The van der Waals surface area contributed by atoms with Crippen molar-refractivity contribution in [1.82, 2.24) is 10.2 Å². The van der Waals surface area contributed by atoms with Gasteiger partial charge in [0.1, 0.15) is 0 Å². The van der Waals surface area contributed by atoms with Gasteiger partial charge in [0.25, 0.3) is 0 Å². The Labute approximate surface area is 109 Å². The lowest BCUT2D eigenvalue weighted by Crippen LogP contribution is -2.45. The maximum absolute atomic E-state index is 11.8. The molecular weight excluding hydrogens is 260 g/mol. The molecule has 0 radical (unpaired) electrons. The molecule has 1 aromatic heterocycles. The van der Waals surface area contributed by atoms with Gasteiger partial charge in [-0.3, -0.25) is 0 Å². The number of thiophene rings is 1. The van der Waals surface area contributed by atoms with Crippen LogP contribution in [0.5, 0.6) is 0 Å². The molecule has 94 valence electrons. The molecule has 0 bridgehead atoms. The van der Waals surface area contributed by atoms with Crippen molar-refractivity contribution in [3.63, 3.8) is 0 Å². The first kappa shape index (κ1) is 12.7. The number of hydrogen-bond acceptors (Lipinski definition) is 3. The second kappa shape index (κ2) is 5.71. The molecule has 2 heterocycles. The fraction of sp³-hybridized carbons (Fsp3) is 0.545. The standard InChI is InChI=1S/C11H15ClN2O2S/c12-10-2-1-9(17-10)7-13-11(16)14-5-3-8(15)4-6-14/h1-2,8,15H,3-7H2,(H,13,16). The summed E-state index contributed by atoms with van der Waals surface area (Å²) in [7, 11) is 0. The number of nitrogens with zero attached hydrogens (tertiary/aromatic N) is 1. The Morgan fingerprint density at radius 2 is 2.24 bits per heavy atom. The third-order valence-corrected chi connectivity index (χ3v) is 4.03. The topological polar surface area (TPSA) is 52.6 Å². The van der Waals surface area contributed by atoms with Gasteiger partial charge < -0.3 is 15.3 Å². The number of amides is 2. The molecule has 0 unspecified atom stereocenters. The lowest BCUT2D eigenvalue weighted by molar-refractivity contribution is 0.0936. The van der Waals surface area contributed by atoms with Crippen LogP contribution in [0.1, 0.15) is 17.7 Å². The van der Waals surface area contributed by atoms with Gasteiger partial charge in [0.15, 0.2) is 0 Å². The van der Waals surface area contributed by atoms with Crippen LogP contribution in [0.3, 0.4) is 0 Å². The quantitative estimate of drug-likeness (QED) is 0.867. The second-order valence-electron chi connectivity index (χ2n) is 4.08. The molecule has 0 saturated carbocycles. The molecule has 2 amide bonds. The third-order valence-electron chi connectivity index (χ3n) is 2.79. The Balaban J connectivity index is 1.77. The van der Waals surface area contributed by atoms with Gasteiger partial charge in [0.2, 0.25) is 0 Å². The monoisotopic (exact) mass is 274 g/mol. The van der Waals surface area contributed by atoms with Crippen molar-refractivity contribution in [3.8, 4) is 0 Å². The molecule has 0 spiro atoms. The molecule has 2 N–H and O–H groups in total. The molecule has 17 heavy (non-hydrogen) atoms. The Bertz CT molecular complexity index is 389. The number of hydrogen-bond donors (Lipinski definition) is 2. The highest BCUT2D eigenvalue weighted by Gasteiger charge is 2.20. The van der Waals surface area contributed by atoms with Gasteiger partial charge in [-0.1, -0.05) is 11.6 Å².